The van der Waals surface area contributed by atoms with Gasteiger partial charge in [0.25, 0.3) is 0 Å². The van der Waals surface area contributed by atoms with E-state index in [4.69, 9.17) is 10.5 Å². The maximum atomic E-state index is 6.20. The fourth-order valence-corrected chi connectivity index (χ4v) is 3.48. The second-order valence-corrected chi connectivity index (χ2v) is 6.41. The number of fused-ring (bicyclic) bond motifs is 2. The van der Waals surface area contributed by atoms with Gasteiger partial charge >= 0.3 is 0 Å². The molecule has 2 heterocycles. The second-order valence-electron chi connectivity index (χ2n) is 5.16. The van der Waals surface area contributed by atoms with E-state index in [1.54, 1.807) is 0 Å². The van der Waals surface area contributed by atoms with Crippen LogP contribution in [-0.2, 0) is 0 Å². The van der Waals surface area contributed by atoms with Gasteiger partial charge in [-0.2, -0.15) is 0 Å². The minimum Gasteiger partial charge on any atom is -0.493 e. The van der Waals surface area contributed by atoms with Gasteiger partial charge in [0, 0.05) is 15.6 Å². The number of halogens is 1. The number of anilines is 1. The largest absolute Gasteiger partial charge is 0.493 e. The van der Waals surface area contributed by atoms with Gasteiger partial charge in [-0.25, -0.2) is 4.98 Å². The van der Waals surface area contributed by atoms with Crippen LogP contribution in [0.3, 0.4) is 0 Å². The highest BCUT2D eigenvalue weighted by Gasteiger charge is 2.25. The number of para-hydroxylation sites is 1. The summed E-state index contributed by atoms with van der Waals surface area (Å²) >= 11 is 2.29. The van der Waals surface area contributed by atoms with E-state index in [1.807, 2.05) is 18.2 Å². The van der Waals surface area contributed by atoms with Gasteiger partial charge in [-0.05, 0) is 46.9 Å². The molecule has 0 radical (unpaired) electrons. The second kappa shape index (κ2) is 4.91. The van der Waals surface area contributed by atoms with Crippen molar-refractivity contribution in [3.63, 3.8) is 0 Å². The molecular formula is C16H14IN3O. The van der Waals surface area contributed by atoms with Crippen molar-refractivity contribution >= 4 is 39.6 Å². The molecule has 4 rings (SSSR count). The van der Waals surface area contributed by atoms with Gasteiger partial charge < -0.3 is 15.0 Å². The molecule has 1 atom stereocenters. The first-order chi connectivity index (χ1) is 10.2. The van der Waals surface area contributed by atoms with Gasteiger partial charge in [0.2, 0.25) is 5.95 Å². The summed E-state index contributed by atoms with van der Waals surface area (Å²) in [6.07, 6.45) is 0.901. The van der Waals surface area contributed by atoms with Crippen molar-refractivity contribution in [2.75, 3.05) is 12.3 Å². The molecule has 1 aromatic heterocycles. The number of hydrogen-bond donors (Lipinski definition) is 1. The summed E-state index contributed by atoms with van der Waals surface area (Å²) in [5, 5.41) is 0. The average Bonchev–Trinajstić information content (AvgIpc) is 2.81. The molecule has 0 bridgehead atoms. The SMILES string of the molecule is Nc1nc2cc(I)ccc2n1C1CCOc2ccccc21. The van der Waals surface area contributed by atoms with Crippen LogP contribution in [0.25, 0.3) is 11.0 Å². The molecule has 1 unspecified atom stereocenters. The van der Waals surface area contributed by atoms with Crippen LogP contribution in [0.1, 0.15) is 18.0 Å². The quantitative estimate of drug-likeness (QED) is 0.645. The molecule has 0 saturated heterocycles. The molecule has 2 aromatic carbocycles. The number of rotatable bonds is 1. The molecule has 1 aliphatic heterocycles. The van der Waals surface area contributed by atoms with Crippen LogP contribution in [0.15, 0.2) is 42.5 Å². The number of benzene rings is 2. The lowest BCUT2D eigenvalue weighted by Gasteiger charge is -2.28. The van der Waals surface area contributed by atoms with E-state index >= 15 is 0 Å². The van der Waals surface area contributed by atoms with Crippen molar-refractivity contribution in [1.82, 2.24) is 9.55 Å². The number of nitrogens with two attached hydrogens (primary N) is 1. The van der Waals surface area contributed by atoms with Crippen LogP contribution in [-0.4, -0.2) is 16.2 Å². The first kappa shape index (κ1) is 12.9. The van der Waals surface area contributed by atoms with Crippen molar-refractivity contribution in [3.8, 4) is 5.75 Å². The van der Waals surface area contributed by atoms with Gasteiger partial charge in [-0.3, -0.25) is 0 Å². The van der Waals surface area contributed by atoms with E-state index in [0.29, 0.717) is 12.6 Å². The monoisotopic (exact) mass is 391 g/mol. The Morgan fingerprint density at radius 3 is 3.00 bits per heavy atom. The average molecular weight is 391 g/mol. The third-order valence-electron chi connectivity index (χ3n) is 3.92. The minimum absolute atomic E-state index is 0.181. The zero-order valence-electron chi connectivity index (χ0n) is 11.3. The maximum Gasteiger partial charge on any atom is 0.201 e. The highest BCUT2D eigenvalue weighted by atomic mass is 127. The molecule has 0 amide bonds. The predicted octanol–water partition coefficient (Wildman–Crippen LogP) is 3.60. The lowest BCUT2D eigenvalue weighted by Crippen LogP contribution is -2.21. The number of nitrogen functional groups attached to an aromatic ring is 1. The van der Waals surface area contributed by atoms with E-state index in [0.717, 1.165) is 26.8 Å². The lowest BCUT2D eigenvalue weighted by atomic mass is 10.00. The maximum absolute atomic E-state index is 6.20. The summed E-state index contributed by atoms with van der Waals surface area (Å²) in [5.41, 5.74) is 9.40. The number of nitrogens with zero attached hydrogens (tertiary/aromatic N) is 2. The predicted molar refractivity (Wildman–Crippen MR) is 91.6 cm³/mol. The van der Waals surface area contributed by atoms with Gasteiger partial charge in [-0.15, -0.1) is 0 Å². The van der Waals surface area contributed by atoms with Crippen molar-refractivity contribution in [3.05, 3.63) is 51.6 Å². The Kier molecular flexibility index (Phi) is 3.02. The molecule has 0 aliphatic carbocycles. The molecule has 2 N–H and O–H groups in total. The summed E-state index contributed by atoms with van der Waals surface area (Å²) in [4.78, 5) is 4.52. The smallest absolute Gasteiger partial charge is 0.201 e. The standard InChI is InChI=1S/C16H14IN3O/c17-10-5-6-14-12(9-10)19-16(18)20(14)13-7-8-21-15-4-2-1-3-11(13)15/h1-6,9,13H,7-8H2,(H2,18,19). The Bertz CT molecular complexity index is 828. The highest BCUT2D eigenvalue weighted by molar-refractivity contribution is 14.1. The molecule has 21 heavy (non-hydrogen) atoms. The van der Waals surface area contributed by atoms with Crippen LogP contribution in [0.2, 0.25) is 0 Å². The number of hydrogen-bond acceptors (Lipinski definition) is 3. The van der Waals surface area contributed by atoms with Gasteiger partial charge in [-0.1, -0.05) is 18.2 Å². The third-order valence-corrected chi connectivity index (χ3v) is 4.59. The number of imidazole rings is 1. The van der Waals surface area contributed by atoms with Crippen molar-refractivity contribution in [1.29, 1.82) is 0 Å². The molecule has 0 saturated carbocycles. The van der Waals surface area contributed by atoms with E-state index in [-0.39, 0.29) is 6.04 Å². The van der Waals surface area contributed by atoms with Gasteiger partial charge in [0.15, 0.2) is 0 Å². The molecule has 1 aliphatic rings. The normalized spacial score (nSPS) is 17.5. The zero-order valence-corrected chi connectivity index (χ0v) is 13.4. The Hall–Kier alpha value is -1.76. The van der Waals surface area contributed by atoms with Crippen molar-refractivity contribution in [2.24, 2.45) is 0 Å². The van der Waals surface area contributed by atoms with E-state index < -0.39 is 0 Å². The van der Waals surface area contributed by atoms with Gasteiger partial charge in [0.1, 0.15) is 5.75 Å². The molecule has 4 nitrogen and oxygen atoms in total. The van der Waals surface area contributed by atoms with Crippen LogP contribution in [0, 0.1) is 3.57 Å². The molecule has 3 aromatic rings. The molecule has 0 fully saturated rings. The summed E-state index contributed by atoms with van der Waals surface area (Å²) < 4.78 is 9.04. The van der Waals surface area contributed by atoms with Crippen LogP contribution in [0.5, 0.6) is 5.75 Å². The van der Waals surface area contributed by atoms with E-state index in [1.165, 1.54) is 5.56 Å². The zero-order chi connectivity index (χ0) is 14.4. The first-order valence-electron chi connectivity index (χ1n) is 6.89. The molecule has 0 spiro atoms. The highest BCUT2D eigenvalue weighted by Crippen LogP contribution is 2.37. The molecule has 106 valence electrons. The fourth-order valence-electron chi connectivity index (χ4n) is 3.01. The first-order valence-corrected chi connectivity index (χ1v) is 7.96. The summed E-state index contributed by atoms with van der Waals surface area (Å²) in [6, 6.07) is 14.6. The van der Waals surface area contributed by atoms with Crippen LogP contribution < -0.4 is 10.5 Å². The Morgan fingerprint density at radius 2 is 2.10 bits per heavy atom. The summed E-state index contributed by atoms with van der Waals surface area (Å²) in [5.74, 6) is 1.51. The summed E-state index contributed by atoms with van der Waals surface area (Å²) in [7, 11) is 0. The fraction of sp³-hybridized carbons (Fsp3) is 0.188. The topological polar surface area (TPSA) is 53.1 Å². The lowest BCUT2D eigenvalue weighted by molar-refractivity contribution is 0.259. The Labute approximate surface area is 136 Å². The third kappa shape index (κ3) is 2.07. The van der Waals surface area contributed by atoms with Crippen molar-refractivity contribution in [2.45, 2.75) is 12.5 Å². The van der Waals surface area contributed by atoms with E-state index in [2.05, 4.69) is 56.4 Å². The van der Waals surface area contributed by atoms with Crippen molar-refractivity contribution < 1.29 is 4.74 Å². The Balaban J connectivity index is 1.94. The van der Waals surface area contributed by atoms with Crippen LogP contribution in [0.4, 0.5) is 5.95 Å². The minimum atomic E-state index is 0.181. The molecular weight excluding hydrogens is 377 g/mol. The number of ether oxygens (including phenoxy) is 1. The van der Waals surface area contributed by atoms with E-state index in [9.17, 15) is 0 Å². The number of aromatic nitrogens is 2. The van der Waals surface area contributed by atoms with Gasteiger partial charge in [0.05, 0.1) is 23.7 Å². The Morgan fingerprint density at radius 1 is 1.24 bits per heavy atom. The molecule has 5 heteroatoms. The summed E-state index contributed by atoms with van der Waals surface area (Å²) in [6.45, 7) is 0.700. The van der Waals surface area contributed by atoms with Crippen LogP contribution >= 0.6 is 22.6 Å².